The number of aromatic nitrogens is 4. The molecule has 0 radical (unpaired) electrons. The van der Waals surface area contributed by atoms with Gasteiger partial charge in [0, 0.05) is 50.6 Å². The molecule has 0 spiro atoms. The summed E-state index contributed by atoms with van der Waals surface area (Å²) >= 11 is 0. The van der Waals surface area contributed by atoms with Crippen molar-refractivity contribution in [3.63, 3.8) is 0 Å². The van der Waals surface area contributed by atoms with E-state index in [2.05, 4.69) is 157 Å². The van der Waals surface area contributed by atoms with Gasteiger partial charge in [-0.15, -0.1) is 0 Å². The van der Waals surface area contributed by atoms with Crippen molar-refractivity contribution in [3.8, 4) is 22.8 Å². The zero-order valence-electron chi connectivity index (χ0n) is 26.1. The molecule has 4 heteroatoms. The lowest BCUT2D eigenvalue weighted by Gasteiger charge is -2.19. The van der Waals surface area contributed by atoms with Crippen LogP contribution < -0.4 is 0 Å². The van der Waals surface area contributed by atoms with E-state index < -0.39 is 0 Å². The van der Waals surface area contributed by atoms with Crippen LogP contribution in [0.4, 0.5) is 0 Å². The Morgan fingerprint density at radius 2 is 1.09 bits per heavy atom. The van der Waals surface area contributed by atoms with Crippen LogP contribution in [-0.2, 0) is 5.41 Å². The lowest BCUT2D eigenvalue weighted by atomic mass is 9.87. The van der Waals surface area contributed by atoms with E-state index in [0.29, 0.717) is 0 Å². The molecule has 0 amide bonds. The summed E-state index contributed by atoms with van der Waals surface area (Å²) in [5.74, 6) is 0.941. The Morgan fingerprint density at radius 1 is 0.478 bits per heavy atom. The van der Waals surface area contributed by atoms with Crippen molar-refractivity contribution in [2.45, 2.75) is 26.2 Å². The van der Waals surface area contributed by atoms with Gasteiger partial charge in [0.2, 0.25) is 0 Å². The second-order valence-corrected chi connectivity index (χ2v) is 13.2. The maximum Gasteiger partial charge on any atom is 0.145 e. The quantitative estimate of drug-likeness (QED) is 0.205. The van der Waals surface area contributed by atoms with Gasteiger partial charge in [0.15, 0.2) is 0 Å². The SMILES string of the molecule is CC(C)(C)c1ccnc(-c2ccc3c4ccccc4n(-c4ccc5c6ccccc6n(-c6nccc7ccccc67)c5c4)c3c2)c1. The smallest absolute Gasteiger partial charge is 0.145 e. The van der Waals surface area contributed by atoms with Crippen molar-refractivity contribution in [1.82, 2.24) is 19.1 Å². The van der Waals surface area contributed by atoms with Crippen LogP contribution in [0, 0.1) is 0 Å². The molecule has 9 aromatic rings. The first-order chi connectivity index (χ1) is 22.5. The van der Waals surface area contributed by atoms with E-state index in [9.17, 15) is 0 Å². The summed E-state index contributed by atoms with van der Waals surface area (Å²) in [6.45, 7) is 6.74. The second kappa shape index (κ2) is 9.88. The average Bonchev–Trinajstić information content (AvgIpc) is 3.59. The first-order valence-electron chi connectivity index (χ1n) is 15.8. The number of hydrogen-bond acceptors (Lipinski definition) is 2. The Hall–Kier alpha value is -5.74. The van der Waals surface area contributed by atoms with E-state index >= 15 is 0 Å². The van der Waals surface area contributed by atoms with Crippen LogP contribution in [0.3, 0.4) is 0 Å². The van der Waals surface area contributed by atoms with Crippen LogP contribution in [0.5, 0.6) is 0 Å². The first kappa shape index (κ1) is 26.6. The molecular weight excluding hydrogens is 560 g/mol. The van der Waals surface area contributed by atoms with Gasteiger partial charge in [0.25, 0.3) is 0 Å². The number of rotatable bonds is 3. The van der Waals surface area contributed by atoms with Gasteiger partial charge in [0.1, 0.15) is 5.82 Å². The molecule has 0 saturated carbocycles. The third-order valence-corrected chi connectivity index (χ3v) is 9.38. The molecule has 0 aliphatic rings. The molecule has 0 aliphatic carbocycles. The van der Waals surface area contributed by atoms with E-state index in [1.807, 2.05) is 12.4 Å². The van der Waals surface area contributed by atoms with Crippen molar-refractivity contribution in [2.75, 3.05) is 0 Å². The lowest BCUT2D eigenvalue weighted by Crippen LogP contribution is -2.11. The molecule has 0 N–H and O–H groups in total. The molecule has 0 unspecified atom stereocenters. The molecule has 9 rings (SSSR count). The number of para-hydroxylation sites is 2. The van der Waals surface area contributed by atoms with E-state index in [-0.39, 0.29) is 5.41 Å². The molecule has 0 atom stereocenters. The maximum atomic E-state index is 4.96. The minimum atomic E-state index is 0.0451. The minimum Gasteiger partial charge on any atom is -0.309 e. The Labute approximate surface area is 267 Å². The van der Waals surface area contributed by atoms with Crippen molar-refractivity contribution in [2.24, 2.45) is 0 Å². The lowest BCUT2D eigenvalue weighted by molar-refractivity contribution is 0.589. The van der Waals surface area contributed by atoms with Crippen molar-refractivity contribution < 1.29 is 0 Å². The number of pyridine rings is 2. The highest BCUT2D eigenvalue weighted by Crippen LogP contribution is 2.38. The average molecular weight is 593 g/mol. The fourth-order valence-electron chi connectivity index (χ4n) is 7.07. The van der Waals surface area contributed by atoms with Gasteiger partial charge in [-0.2, -0.15) is 0 Å². The third-order valence-electron chi connectivity index (χ3n) is 9.38. The molecule has 4 aromatic heterocycles. The standard InChI is InChI=1S/C42H32N4/c1-42(2,3)29-21-23-43-36(25-29)28-16-18-34-32-12-6-8-14-37(32)45(39(34)24-28)30-17-19-35-33-13-7-9-15-38(33)46(40(35)26-30)41-31-11-5-4-10-27(31)20-22-44-41/h4-26H,1-3H3. The van der Waals surface area contributed by atoms with Gasteiger partial charge >= 0.3 is 0 Å². The van der Waals surface area contributed by atoms with Crippen LogP contribution in [0.25, 0.3) is 77.1 Å². The number of nitrogens with zero attached hydrogens (tertiary/aromatic N) is 4. The highest BCUT2D eigenvalue weighted by molar-refractivity contribution is 6.13. The molecule has 5 aromatic carbocycles. The van der Waals surface area contributed by atoms with Crippen LogP contribution in [0.15, 0.2) is 140 Å². The predicted molar refractivity (Wildman–Crippen MR) is 192 cm³/mol. The summed E-state index contributed by atoms with van der Waals surface area (Å²) in [6, 6.07) is 45.9. The Kier molecular flexibility index (Phi) is 5.72. The summed E-state index contributed by atoms with van der Waals surface area (Å²) in [7, 11) is 0. The van der Waals surface area contributed by atoms with Gasteiger partial charge in [-0.1, -0.05) is 99.6 Å². The molecule has 46 heavy (non-hydrogen) atoms. The van der Waals surface area contributed by atoms with Crippen molar-refractivity contribution in [1.29, 1.82) is 0 Å². The highest BCUT2D eigenvalue weighted by Gasteiger charge is 2.19. The van der Waals surface area contributed by atoms with E-state index in [4.69, 9.17) is 9.97 Å². The topological polar surface area (TPSA) is 35.6 Å². The maximum absolute atomic E-state index is 4.96. The minimum absolute atomic E-state index is 0.0451. The molecule has 0 aliphatic heterocycles. The molecular formula is C42H32N4. The summed E-state index contributed by atoms with van der Waals surface area (Å²) in [6.07, 6.45) is 3.85. The van der Waals surface area contributed by atoms with Crippen molar-refractivity contribution in [3.05, 3.63) is 145 Å². The molecule has 0 bridgehead atoms. The molecule has 4 nitrogen and oxygen atoms in total. The summed E-state index contributed by atoms with van der Waals surface area (Å²) in [4.78, 5) is 9.76. The molecule has 0 fully saturated rings. The molecule has 0 saturated heterocycles. The van der Waals surface area contributed by atoms with E-state index in [1.54, 1.807) is 0 Å². The third kappa shape index (κ3) is 4.00. The molecule has 4 heterocycles. The Balaban J connectivity index is 1.33. The van der Waals surface area contributed by atoms with Crippen LogP contribution in [-0.4, -0.2) is 19.1 Å². The fraction of sp³-hybridized carbons (Fsp3) is 0.0952. The van der Waals surface area contributed by atoms with Crippen LogP contribution in [0.1, 0.15) is 26.3 Å². The number of hydrogen-bond donors (Lipinski definition) is 0. The van der Waals surface area contributed by atoms with Gasteiger partial charge in [-0.05, 0) is 64.9 Å². The van der Waals surface area contributed by atoms with E-state index in [0.717, 1.165) is 44.7 Å². The highest BCUT2D eigenvalue weighted by atomic mass is 15.1. The summed E-state index contributed by atoms with van der Waals surface area (Å²) in [5.41, 5.74) is 9.14. The largest absolute Gasteiger partial charge is 0.309 e. The van der Waals surface area contributed by atoms with Gasteiger partial charge in [-0.25, -0.2) is 4.98 Å². The van der Waals surface area contributed by atoms with Crippen molar-refractivity contribution >= 4 is 54.4 Å². The Morgan fingerprint density at radius 3 is 1.85 bits per heavy atom. The second-order valence-electron chi connectivity index (χ2n) is 13.2. The van der Waals surface area contributed by atoms with Crippen LogP contribution in [0.2, 0.25) is 0 Å². The summed E-state index contributed by atoms with van der Waals surface area (Å²) in [5, 5.41) is 7.18. The fourth-order valence-corrected chi connectivity index (χ4v) is 7.07. The number of benzene rings is 5. The first-order valence-corrected chi connectivity index (χ1v) is 15.8. The zero-order chi connectivity index (χ0) is 31.0. The van der Waals surface area contributed by atoms with Gasteiger partial charge < -0.3 is 4.57 Å². The van der Waals surface area contributed by atoms with Gasteiger partial charge in [0.05, 0.1) is 27.8 Å². The van der Waals surface area contributed by atoms with E-state index in [1.165, 1.54) is 38.0 Å². The van der Waals surface area contributed by atoms with Crippen LogP contribution >= 0.6 is 0 Å². The molecule has 220 valence electrons. The predicted octanol–water partition coefficient (Wildman–Crippen LogP) is 10.8. The Bertz CT molecular complexity index is 2630. The number of fused-ring (bicyclic) bond motifs is 7. The van der Waals surface area contributed by atoms with Gasteiger partial charge in [-0.3, -0.25) is 9.55 Å². The monoisotopic (exact) mass is 592 g/mol. The zero-order valence-corrected chi connectivity index (χ0v) is 26.1. The normalized spacial score (nSPS) is 12.2. The summed E-state index contributed by atoms with van der Waals surface area (Å²) < 4.78 is 4.73.